The molecule has 3 rings (SSSR count). The van der Waals surface area contributed by atoms with E-state index < -0.39 is 11.4 Å². The van der Waals surface area contributed by atoms with Gasteiger partial charge in [0.2, 0.25) is 0 Å². The van der Waals surface area contributed by atoms with E-state index in [2.05, 4.69) is 4.98 Å². The fourth-order valence-corrected chi connectivity index (χ4v) is 2.93. The van der Waals surface area contributed by atoms with Crippen molar-refractivity contribution < 1.29 is 14.6 Å². The standard InChI is InChI=1S/C23H22ClNO3/c1-15-19(11-12-21(26)23(2,3)27)25-20-10-9-17(24)13-18(20)22(15)28-14-16-7-5-4-6-8-16/h4-13,27H,14H2,1-3H3. The summed E-state index contributed by atoms with van der Waals surface area (Å²) in [6.07, 6.45) is 2.96. The van der Waals surface area contributed by atoms with E-state index in [-0.39, 0.29) is 0 Å². The Balaban J connectivity index is 2.04. The molecule has 0 aliphatic heterocycles. The minimum atomic E-state index is -1.43. The van der Waals surface area contributed by atoms with Crippen LogP contribution in [0.2, 0.25) is 5.02 Å². The van der Waals surface area contributed by atoms with E-state index in [1.54, 1.807) is 12.1 Å². The van der Waals surface area contributed by atoms with Crippen LogP contribution in [-0.2, 0) is 11.4 Å². The van der Waals surface area contributed by atoms with Crippen LogP contribution < -0.4 is 4.74 Å². The molecule has 3 aromatic rings. The predicted molar refractivity (Wildman–Crippen MR) is 113 cm³/mol. The summed E-state index contributed by atoms with van der Waals surface area (Å²) >= 11 is 6.18. The van der Waals surface area contributed by atoms with Crippen LogP contribution in [0.5, 0.6) is 5.75 Å². The highest BCUT2D eigenvalue weighted by molar-refractivity contribution is 6.31. The highest BCUT2D eigenvalue weighted by Crippen LogP contribution is 2.33. The summed E-state index contributed by atoms with van der Waals surface area (Å²) in [6, 6.07) is 15.3. The first-order chi connectivity index (χ1) is 13.3. The molecule has 28 heavy (non-hydrogen) atoms. The number of aliphatic hydroxyl groups is 1. The fourth-order valence-electron chi connectivity index (χ4n) is 2.76. The maximum absolute atomic E-state index is 12.0. The summed E-state index contributed by atoms with van der Waals surface area (Å²) in [5, 5.41) is 11.2. The number of carbonyl (C=O) groups is 1. The van der Waals surface area contributed by atoms with Crippen molar-refractivity contribution in [2.45, 2.75) is 33.0 Å². The molecule has 0 bridgehead atoms. The summed E-state index contributed by atoms with van der Waals surface area (Å²) < 4.78 is 6.14. The first kappa shape index (κ1) is 20.1. The number of fused-ring (bicyclic) bond motifs is 1. The average molecular weight is 396 g/mol. The third-order valence-corrected chi connectivity index (χ3v) is 4.63. The number of hydrogen-bond donors (Lipinski definition) is 1. The van der Waals surface area contributed by atoms with E-state index in [9.17, 15) is 9.90 Å². The topological polar surface area (TPSA) is 59.4 Å². The molecule has 0 fully saturated rings. The SMILES string of the molecule is Cc1c(C=CC(=O)C(C)(C)O)nc2ccc(Cl)cc2c1OCc1ccccc1. The van der Waals surface area contributed by atoms with Crippen molar-refractivity contribution in [1.29, 1.82) is 0 Å². The van der Waals surface area contributed by atoms with E-state index in [4.69, 9.17) is 16.3 Å². The van der Waals surface area contributed by atoms with Gasteiger partial charge in [0, 0.05) is 16.0 Å². The van der Waals surface area contributed by atoms with Crippen LogP contribution in [0, 0.1) is 6.92 Å². The lowest BCUT2D eigenvalue weighted by molar-refractivity contribution is -0.128. The number of carbonyl (C=O) groups excluding carboxylic acids is 1. The van der Waals surface area contributed by atoms with Crippen molar-refractivity contribution in [3.05, 3.63) is 76.5 Å². The second-order valence-corrected chi connectivity index (χ2v) is 7.58. The lowest BCUT2D eigenvalue weighted by Crippen LogP contribution is -2.29. The van der Waals surface area contributed by atoms with Crippen LogP contribution in [0.15, 0.2) is 54.6 Å². The van der Waals surface area contributed by atoms with Gasteiger partial charge in [0.1, 0.15) is 18.0 Å². The number of hydrogen-bond acceptors (Lipinski definition) is 4. The van der Waals surface area contributed by atoms with Gasteiger partial charge >= 0.3 is 0 Å². The minimum absolute atomic E-state index is 0.392. The maximum Gasteiger partial charge on any atom is 0.186 e. The lowest BCUT2D eigenvalue weighted by atomic mass is 10.0. The molecule has 5 heteroatoms. The van der Waals surface area contributed by atoms with Crippen molar-refractivity contribution in [3.63, 3.8) is 0 Å². The van der Waals surface area contributed by atoms with Crippen LogP contribution in [0.25, 0.3) is 17.0 Å². The average Bonchev–Trinajstić information content (AvgIpc) is 2.66. The van der Waals surface area contributed by atoms with Gasteiger partial charge < -0.3 is 9.84 Å². The largest absolute Gasteiger partial charge is 0.488 e. The molecule has 4 nitrogen and oxygen atoms in total. The fraction of sp³-hybridized carbons (Fsp3) is 0.217. The molecule has 0 amide bonds. The van der Waals surface area contributed by atoms with E-state index in [1.165, 1.54) is 19.9 Å². The Morgan fingerprint density at radius 3 is 2.61 bits per heavy atom. The Morgan fingerprint density at radius 2 is 1.93 bits per heavy atom. The molecular formula is C23H22ClNO3. The summed E-state index contributed by atoms with van der Waals surface area (Å²) in [5.41, 5.74) is 1.74. The molecule has 1 aromatic heterocycles. The summed E-state index contributed by atoms with van der Waals surface area (Å²) in [7, 11) is 0. The number of benzene rings is 2. The normalized spacial score (nSPS) is 11.9. The molecule has 0 aliphatic rings. The van der Waals surface area contributed by atoms with Crippen LogP contribution >= 0.6 is 11.6 Å². The zero-order chi connectivity index (χ0) is 20.3. The van der Waals surface area contributed by atoms with Gasteiger partial charge in [0.05, 0.1) is 11.2 Å². The molecule has 0 spiro atoms. The summed E-state index contributed by atoms with van der Waals surface area (Å²) in [6.45, 7) is 5.20. The number of pyridine rings is 1. The Hall–Kier alpha value is -2.69. The van der Waals surface area contributed by atoms with Gasteiger partial charge in [0.25, 0.3) is 0 Å². The van der Waals surface area contributed by atoms with Gasteiger partial charge in [-0.05, 0) is 56.7 Å². The number of rotatable bonds is 6. The lowest BCUT2D eigenvalue weighted by Gasteiger charge is -2.15. The van der Waals surface area contributed by atoms with E-state index in [0.29, 0.717) is 28.6 Å². The first-order valence-corrected chi connectivity index (χ1v) is 9.35. The molecule has 0 saturated heterocycles. The van der Waals surface area contributed by atoms with Crippen LogP contribution in [0.4, 0.5) is 0 Å². The van der Waals surface area contributed by atoms with Gasteiger partial charge in [0.15, 0.2) is 5.78 Å². The van der Waals surface area contributed by atoms with E-state index in [0.717, 1.165) is 16.5 Å². The van der Waals surface area contributed by atoms with Gasteiger partial charge in [-0.3, -0.25) is 4.79 Å². The molecule has 2 aromatic carbocycles. The zero-order valence-electron chi connectivity index (χ0n) is 16.1. The Labute approximate surface area is 169 Å². The van der Waals surface area contributed by atoms with Gasteiger partial charge in [-0.25, -0.2) is 4.98 Å². The predicted octanol–water partition coefficient (Wildman–Crippen LogP) is 5.13. The minimum Gasteiger partial charge on any atom is -0.488 e. The maximum atomic E-state index is 12.0. The van der Waals surface area contributed by atoms with Gasteiger partial charge in [-0.1, -0.05) is 41.9 Å². The second-order valence-electron chi connectivity index (χ2n) is 7.14. The molecule has 0 saturated carbocycles. The number of halogens is 1. The van der Waals surface area contributed by atoms with Gasteiger partial charge in [-0.15, -0.1) is 0 Å². The van der Waals surface area contributed by atoms with Crippen molar-refractivity contribution in [2.75, 3.05) is 0 Å². The smallest absolute Gasteiger partial charge is 0.186 e. The molecular weight excluding hydrogens is 374 g/mol. The molecule has 0 unspecified atom stereocenters. The quantitative estimate of drug-likeness (QED) is 0.588. The highest BCUT2D eigenvalue weighted by atomic mass is 35.5. The van der Waals surface area contributed by atoms with Crippen molar-refractivity contribution in [3.8, 4) is 5.75 Å². The third kappa shape index (κ3) is 4.58. The number of ether oxygens (including phenoxy) is 1. The Kier molecular flexibility index (Phi) is 5.82. The highest BCUT2D eigenvalue weighted by Gasteiger charge is 2.21. The van der Waals surface area contributed by atoms with Crippen molar-refractivity contribution in [1.82, 2.24) is 4.98 Å². The van der Waals surface area contributed by atoms with Crippen molar-refractivity contribution in [2.24, 2.45) is 0 Å². The molecule has 1 N–H and O–H groups in total. The molecule has 0 radical (unpaired) electrons. The van der Waals surface area contributed by atoms with Crippen LogP contribution in [-0.4, -0.2) is 21.5 Å². The van der Waals surface area contributed by atoms with Crippen LogP contribution in [0.3, 0.4) is 0 Å². The first-order valence-electron chi connectivity index (χ1n) is 8.97. The van der Waals surface area contributed by atoms with E-state index >= 15 is 0 Å². The zero-order valence-corrected chi connectivity index (χ0v) is 16.8. The Bertz CT molecular complexity index is 1040. The summed E-state index contributed by atoms with van der Waals surface area (Å²) in [4.78, 5) is 16.7. The monoisotopic (exact) mass is 395 g/mol. The Morgan fingerprint density at radius 1 is 1.21 bits per heavy atom. The second kappa shape index (κ2) is 8.13. The van der Waals surface area contributed by atoms with Gasteiger partial charge in [-0.2, -0.15) is 0 Å². The summed E-state index contributed by atoms with van der Waals surface area (Å²) in [5.74, 6) is 0.281. The number of nitrogens with zero attached hydrogens (tertiary/aromatic N) is 1. The molecule has 0 aliphatic carbocycles. The molecule has 0 atom stereocenters. The number of ketones is 1. The number of aromatic nitrogens is 1. The van der Waals surface area contributed by atoms with Crippen molar-refractivity contribution >= 4 is 34.4 Å². The van der Waals surface area contributed by atoms with Crippen LogP contribution in [0.1, 0.15) is 30.7 Å². The van der Waals surface area contributed by atoms with E-state index in [1.807, 2.05) is 49.4 Å². The molecule has 144 valence electrons. The third-order valence-electron chi connectivity index (χ3n) is 4.39. The molecule has 1 heterocycles.